The summed E-state index contributed by atoms with van der Waals surface area (Å²) in [4.78, 5) is 53.2. The number of nitriles is 1. The van der Waals surface area contributed by atoms with Crippen molar-refractivity contribution in [1.29, 1.82) is 5.26 Å². The van der Waals surface area contributed by atoms with Crippen molar-refractivity contribution in [3.8, 4) is 6.07 Å². The molecule has 2 saturated carbocycles. The lowest BCUT2D eigenvalue weighted by molar-refractivity contribution is -0.174. The van der Waals surface area contributed by atoms with Gasteiger partial charge < -0.3 is 10.2 Å². The highest BCUT2D eigenvalue weighted by molar-refractivity contribution is 5.93. The number of ketones is 2. The van der Waals surface area contributed by atoms with E-state index in [1.54, 1.807) is 20.8 Å². The van der Waals surface area contributed by atoms with Crippen molar-refractivity contribution in [2.75, 3.05) is 6.54 Å². The van der Waals surface area contributed by atoms with Crippen molar-refractivity contribution < 1.29 is 32.3 Å². The summed E-state index contributed by atoms with van der Waals surface area (Å²) in [6.07, 6.45) is 0.0674. The first-order valence-electron chi connectivity index (χ1n) is 14.0. The quantitative estimate of drug-likeness (QED) is 0.471. The second kappa shape index (κ2) is 11.2. The molecule has 3 rings (SSSR count). The van der Waals surface area contributed by atoms with Crippen molar-refractivity contribution in [3.05, 3.63) is 0 Å². The van der Waals surface area contributed by atoms with E-state index in [2.05, 4.69) is 11.4 Å². The lowest BCUT2D eigenvalue weighted by Gasteiger charge is -2.36. The molecule has 10 heteroatoms. The van der Waals surface area contributed by atoms with Gasteiger partial charge in [-0.25, -0.2) is 0 Å². The van der Waals surface area contributed by atoms with Crippen LogP contribution < -0.4 is 5.32 Å². The van der Waals surface area contributed by atoms with E-state index in [1.807, 2.05) is 13.8 Å². The predicted molar refractivity (Wildman–Crippen MR) is 138 cm³/mol. The molecule has 0 aromatic carbocycles. The Kier molecular flexibility index (Phi) is 8.94. The van der Waals surface area contributed by atoms with Crippen molar-refractivity contribution in [2.45, 2.75) is 117 Å². The van der Waals surface area contributed by atoms with E-state index in [9.17, 15) is 37.6 Å². The fourth-order valence-corrected chi connectivity index (χ4v) is 6.83. The number of hydrogen-bond donors (Lipinski definition) is 1. The van der Waals surface area contributed by atoms with Crippen LogP contribution in [0, 0.1) is 39.4 Å². The third-order valence-electron chi connectivity index (χ3n) is 8.96. The zero-order chi connectivity index (χ0) is 29.4. The molecule has 0 aromatic rings. The highest BCUT2D eigenvalue weighted by atomic mass is 19.4. The monoisotopic (exact) mass is 553 g/mol. The second-order valence-electron chi connectivity index (χ2n) is 13.9. The smallest absolute Gasteiger partial charge is 0.339 e. The molecule has 2 aliphatic carbocycles. The third kappa shape index (κ3) is 7.40. The van der Waals surface area contributed by atoms with Gasteiger partial charge in [0.1, 0.15) is 17.9 Å². The molecule has 4 atom stereocenters. The van der Waals surface area contributed by atoms with Gasteiger partial charge in [-0.1, -0.05) is 53.9 Å². The Morgan fingerprint density at radius 1 is 1.10 bits per heavy atom. The van der Waals surface area contributed by atoms with Gasteiger partial charge in [-0.05, 0) is 48.3 Å². The summed E-state index contributed by atoms with van der Waals surface area (Å²) in [5.41, 5.74) is -1.43. The van der Waals surface area contributed by atoms with E-state index in [0.29, 0.717) is 19.3 Å². The van der Waals surface area contributed by atoms with Crippen LogP contribution >= 0.6 is 0 Å². The molecule has 3 aliphatic rings. The van der Waals surface area contributed by atoms with Crippen LogP contribution in [-0.2, 0) is 19.2 Å². The molecular formula is C29H42F3N3O4. The number of likely N-dealkylation sites (tertiary alicyclic amines) is 1. The zero-order valence-electron chi connectivity index (χ0n) is 23.7. The first-order valence-corrected chi connectivity index (χ1v) is 14.0. The van der Waals surface area contributed by atoms with Crippen LogP contribution in [0.25, 0.3) is 0 Å². The largest absolute Gasteiger partial charge is 0.449 e. The van der Waals surface area contributed by atoms with Crippen LogP contribution in [-0.4, -0.2) is 53.1 Å². The van der Waals surface area contributed by atoms with Gasteiger partial charge >= 0.3 is 6.18 Å². The maximum atomic E-state index is 13.9. The second-order valence-corrected chi connectivity index (χ2v) is 13.9. The molecule has 1 spiro atoms. The van der Waals surface area contributed by atoms with Gasteiger partial charge in [0.2, 0.25) is 17.6 Å². The molecule has 1 saturated heterocycles. The lowest BCUT2D eigenvalue weighted by Crippen LogP contribution is -2.52. The molecule has 3 fully saturated rings. The highest BCUT2D eigenvalue weighted by Crippen LogP contribution is 2.48. The van der Waals surface area contributed by atoms with Gasteiger partial charge in [0.15, 0.2) is 0 Å². The van der Waals surface area contributed by atoms with Crippen molar-refractivity contribution in [1.82, 2.24) is 10.2 Å². The molecule has 0 radical (unpaired) electrons. The van der Waals surface area contributed by atoms with Crippen molar-refractivity contribution in [3.63, 3.8) is 0 Å². The topological polar surface area (TPSA) is 107 Å². The number of rotatable bonds is 7. The molecule has 2 amide bonds. The fourth-order valence-electron chi connectivity index (χ4n) is 6.83. The molecule has 218 valence electrons. The Bertz CT molecular complexity index is 1020. The van der Waals surface area contributed by atoms with Crippen LogP contribution in [0.15, 0.2) is 0 Å². The van der Waals surface area contributed by atoms with Gasteiger partial charge in [-0.2, -0.15) is 18.4 Å². The number of nitrogens with zero attached hydrogens (tertiary/aromatic N) is 2. The van der Waals surface area contributed by atoms with Crippen LogP contribution in [0.4, 0.5) is 13.2 Å². The van der Waals surface area contributed by atoms with Crippen LogP contribution in [0.2, 0.25) is 0 Å². The lowest BCUT2D eigenvalue weighted by atomic mass is 9.72. The Morgan fingerprint density at radius 2 is 1.72 bits per heavy atom. The normalized spacial score (nSPS) is 26.2. The molecule has 1 heterocycles. The molecule has 1 N–H and O–H groups in total. The van der Waals surface area contributed by atoms with Gasteiger partial charge in [0, 0.05) is 25.3 Å². The predicted octanol–water partition coefficient (Wildman–Crippen LogP) is 5.13. The van der Waals surface area contributed by atoms with E-state index in [1.165, 1.54) is 4.90 Å². The van der Waals surface area contributed by atoms with E-state index in [-0.39, 0.29) is 35.5 Å². The SMILES string of the molecule is CC1(C)CC(=O)C(CC(C#N)NC(=O)C2CC3(CCCCC3)CN2C(=O)C(CC(=O)C(F)(F)F)C(C)(C)C)C1. The van der Waals surface area contributed by atoms with Crippen molar-refractivity contribution >= 4 is 23.4 Å². The maximum absolute atomic E-state index is 13.9. The number of halogens is 3. The van der Waals surface area contributed by atoms with Crippen LogP contribution in [0.5, 0.6) is 0 Å². The van der Waals surface area contributed by atoms with Crippen molar-refractivity contribution in [2.24, 2.45) is 28.1 Å². The summed E-state index contributed by atoms with van der Waals surface area (Å²) in [5.74, 6) is -4.66. The molecule has 1 aliphatic heterocycles. The van der Waals surface area contributed by atoms with Crippen LogP contribution in [0.1, 0.15) is 98.8 Å². The minimum absolute atomic E-state index is 0.0654. The number of carbonyl (C=O) groups is 4. The number of Topliss-reactive ketones (excluding diaryl/α,β-unsaturated/α-hetero) is 2. The summed E-state index contributed by atoms with van der Waals surface area (Å²) in [5, 5.41) is 12.5. The number of amides is 2. The Balaban J connectivity index is 1.84. The minimum atomic E-state index is -5.05. The minimum Gasteiger partial charge on any atom is -0.339 e. The Morgan fingerprint density at radius 3 is 2.21 bits per heavy atom. The molecule has 39 heavy (non-hydrogen) atoms. The van der Waals surface area contributed by atoms with Crippen LogP contribution in [0.3, 0.4) is 0 Å². The number of carbonyl (C=O) groups excluding carboxylic acids is 4. The van der Waals surface area contributed by atoms with E-state index in [0.717, 1.165) is 32.1 Å². The number of nitrogens with one attached hydrogen (secondary N) is 1. The molecule has 7 nitrogen and oxygen atoms in total. The molecule has 4 unspecified atom stereocenters. The van der Waals surface area contributed by atoms with Gasteiger partial charge in [-0.15, -0.1) is 0 Å². The maximum Gasteiger partial charge on any atom is 0.449 e. The first-order chi connectivity index (χ1) is 17.9. The average Bonchev–Trinajstić information content (AvgIpc) is 3.30. The van der Waals surface area contributed by atoms with Gasteiger partial charge in [0.05, 0.1) is 12.0 Å². The molecule has 0 bridgehead atoms. The highest BCUT2D eigenvalue weighted by Gasteiger charge is 2.52. The third-order valence-corrected chi connectivity index (χ3v) is 8.96. The standard InChI is InChI=1S/C29H42F3N3O4/c1-26(2,3)20(12-23(37)29(30,31)32)25(39)35-17-28(9-7-6-8-10-28)14-21(35)24(38)34-19(16-33)11-18-13-27(4,5)15-22(18)36/h18-21H,6-15,17H2,1-5H3,(H,34,38). The average molecular weight is 554 g/mol. The fraction of sp³-hybridized carbons (Fsp3) is 0.828. The summed E-state index contributed by atoms with van der Waals surface area (Å²) in [6, 6.07) is 0.202. The first kappa shape index (κ1) is 31.1. The van der Waals surface area contributed by atoms with E-state index in [4.69, 9.17) is 0 Å². The van der Waals surface area contributed by atoms with Gasteiger partial charge in [0.25, 0.3) is 0 Å². The van der Waals surface area contributed by atoms with Gasteiger partial charge in [-0.3, -0.25) is 19.2 Å². The Hall–Kier alpha value is -2.44. The number of alkyl halides is 3. The summed E-state index contributed by atoms with van der Waals surface area (Å²) >= 11 is 0. The molecular weight excluding hydrogens is 511 g/mol. The zero-order valence-corrected chi connectivity index (χ0v) is 23.7. The summed E-state index contributed by atoms with van der Waals surface area (Å²) < 4.78 is 39.5. The summed E-state index contributed by atoms with van der Waals surface area (Å²) in [7, 11) is 0. The molecule has 0 aromatic heterocycles. The van der Waals surface area contributed by atoms with E-state index < -0.39 is 53.6 Å². The summed E-state index contributed by atoms with van der Waals surface area (Å²) in [6.45, 7) is 9.08. The number of hydrogen-bond acceptors (Lipinski definition) is 5. The van der Waals surface area contributed by atoms with E-state index >= 15 is 0 Å². The Labute approximate surface area is 229 Å².